The zero-order chi connectivity index (χ0) is 36.8. The molecule has 296 valence electrons. The normalized spacial score (nSPS) is 17.0. The summed E-state index contributed by atoms with van der Waals surface area (Å²) in [6.45, 7) is 11.4. The molecule has 1 aliphatic heterocycles. The second-order valence-corrected chi connectivity index (χ2v) is 15.5. The average molecular weight is 718 g/mol. The molecule has 1 heterocycles. The molecule has 0 saturated carbocycles. The van der Waals surface area contributed by atoms with Crippen LogP contribution in [-0.2, 0) is 16.0 Å². The van der Waals surface area contributed by atoms with Crippen molar-refractivity contribution in [2.24, 2.45) is 11.8 Å². The summed E-state index contributed by atoms with van der Waals surface area (Å²) in [6, 6.07) is 10.9. The summed E-state index contributed by atoms with van der Waals surface area (Å²) in [5, 5.41) is 0. The summed E-state index contributed by atoms with van der Waals surface area (Å²) in [5.74, 6) is 1.15. The number of hydrogen-bond donors (Lipinski definition) is 0. The van der Waals surface area contributed by atoms with Gasteiger partial charge in [0.2, 0.25) is 0 Å². The molecule has 52 heavy (non-hydrogen) atoms. The van der Waals surface area contributed by atoms with Gasteiger partial charge in [-0.25, -0.2) is 0 Å². The molecule has 0 radical (unpaired) electrons. The van der Waals surface area contributed by atoms with Crippen molar-refractivity contribution in [1.82, 2.24) is 4.90 Å². The molecule has 1 saturated heterocycles. The first-order chi connectivity index (χ1) is 25.8. The Labute approximate surface area is 323 Å². The zero-order valence-electron chi connectivity index (χ0n) is 34.3. The topological polar surface area (TPSA) is 21.7 Å². The van der Waals surface area contributed by atoms with Crippen LogP contribution in [0.1, 0.15) is 174 Å². The van der Waals surface area contributed by atoms with Gasteiger partial charge in [-0.2, -0.15) is 0 Å². The number of unbranched alkanes of at least 4 members (excludes halogenated alkanes) is 18. The van der Waals surface area contributed by atoms with E-state index in [-0.39, 0.29) is 0 Å². The second-order valence-electron chi connectivity index (χ2n) is 15.5. The van der Waals surface area contributed by atoms with Crippen molar-refractivity contribution in [3.05, 3.63) is 84.5 Å². The average Bonchev–Trinajstić information content (AvgIpc) is 3.54. The molecule has 3 nitrogen and oxygen atoms in total. The fourth-order valence-electron chi connectivity index (χ4n) is 7.24. The molecule has 2 rings (SSSR count). The summed E-state index contributed by atoms with van der Waals surface area (Å²) in [5.41, 5.74) is 1.41. The van der Waals surface area contributed by atoms with Crippen LogP contribution >= 0.6 is 0 Å². The van der Waals surface area contributed by atoms with Gasteiger partial charge in [-0.05, 0) is 82.6 Å². The van der Waals surface area contributed by atoms with Crippen LogP contribution in [0.5, 0.6) is 0 Å². The van der Waals surface area contributed by atoms with E-state index >= 15 is 0 Å². The predicted molar refractivity (Wildman–Crippen MR) is 229 cm³/mol. The Hall–Kier alpha value is -1.94. The number of hydrogen-bond acceptors (Lipinski definition) is 3. The van der Waals surface area contributed by atoms with E-state index in [9.17, 15) is 0 Å². The Bertz CT molecular complexity index is 938. The van der Waals surface area contributed by atoms with Crippen molar-refractivity contribution in [2.45, 2.75) is 174 Å². The van der Waals surface area contributed by atoms with Gasteiger partial charge in [0.1, 0.15) is 0 Å². The Morgan fingerprint density at radius 2 is 0.865 bits per heavy atom. The lowest BCUT2D eigenvalue weighted by atomic mass is 9.98. The maximum absolute atomic E-state index is 6.30. The van der Waals surface area contributed by atoms with Gasteiger partial charge in [0.15, 0.2) is 0 Å². The van der Waals surface area contributed by atoms with Gasteiger partial charge in [0.25, 0.3) is 0 Å². The molecule has 3 heteroatoms. The van der Waals surface area contributed by atoms with Gasteiger partial charge < -0.3 is 9.47 Å². The maximum Gasteiger partial charge on any atom is 0.0510 e. The minimum Gasteiger partial charge on any atom is -0.381 e. The summed E-state index contributed by atoms with van der Waals surface area (Å²) >= 11 is 0. The molecule has 0 amide bonds. The van der Waals surface area contributed by atoms with Gasteiger partial charge in [-0.15, -0.1) is 0 Å². The summed E-state index contributed by atoms with van der Waals surface area (Å²) in [4.78, 5) is 2.62. The van der Waals surface area contributed by atoms with Crippen LogP contribution in [0.2, 0.25) is 0 Å². The van der Waals surface area contributed by atoms with Crippen molar-refractivity contribution < 1.29 is 9.47 Å². The molecule has 1 aliphatic rings. The molecule has 1 fully saturated rings. The minimum absolute atomic E-state index is 0.573. The van der Waals surface area contributed by atoms with E-state index in [0.717, 1.165) is 58.9 Å². The SMILES string of the molecule is CCCCCC=CCC=CCCCCCCCCOC[C@@H]1CN(Cc2ccccc2)C[C@H]1COCCCCCCCCC=CCC=CCCCCC. The van der Waals surface area contributed by atoms with E-state index in [4.69, 9.17) is 9.47 Å². The minimum atomic E-state index is 0.573. The van der Waals surface area contributed by atoms with Crippen LogP contribution in [0.15, 0.2) is 78.9 Å². The highest BCUT2D eigenvalue weighted by molar-refractivity contribution is 5.14. The third-order valence-electron chi connectivity index (χ3n) is 10.5. The van der Waals surface area contributed by atoms with Gasteiger partial charge >= 0.3 is 0 Å². The maximum atomic E-state index is 6.30. The van der Waals surface area contributed by atoms with Crippen molar-refractivity contribution in [3.63, 3.8) is 0 Å². The first kappa shape index (κ1) is 46.2. The molecule has 0 aliphatic carbocycles. The van der Waals surface area contributed by atoms with Crippen LogP contribution in [-0.4, -0.2) is 44.4 Å². The second kappa shape index (κ2) is 36.1. The number of likely N-dealkylation sites (tertiary alicyclic amines) is 1. The smallest absolute Gasteiger partial charge is 0.0510 e. The molecule has 1 aromatic rings. The summed E-state index contributed by atoms with van der Waals surface area (Å²) in [6.07, 6.45) is 49.7. The molecule has 1 aromatic carbocycles. The molecule has 0 aromatic heterocycles. The molecule has 0 unspecified atom stereocenters. The Kier molecular flexibility index (Phi) is 32.0. The van der Waals surface area contributed by atoms with Gasteiger partial charge in [0.05, 0.1) is 13.2 Å². The number of allylic oxidation sites excluding steroid dienone is 8. The van der Waals surface area contributed by atoms with E-state index < -0.39 is 0 Å². The van der Waals surface area contributed by atoms with Crippen LogP contribution < -0.4 is 0 Å². The predicted octanol–water partition coefficient (Wildman–Crippen LogP) is 14.4. The van der Waals surface area contributed by atoms with E-state index in [1.54, 1.807) is 0 Å². The van der Waals surface area contributed by atoms with Crippen LogP contribution in [0.4, 0.5) is 0 Å². The van der Waals surface area contributed by atoms with Crippen molar-refractivity contribution in [3.8, 4) is 0 Å². The quantitative estimate of drug-likeness (QED) is 0.0509. The van der Waals surface area contributed by atoms with Crippen molar-refractivity contribution in [2.75, 3.05) is 39.5 Å². The van der Waals surface area contributed by atoms with E-state index in [2.05, 4.69) is 97.7 Å². The summed E-state index contributed by atoms with van der Waals surface area (Å²) in [7, 11) is 0. The number of nitrogens with zero attached hydrogens (tertiary/aromatic N) is 1. The molecular weight excluding hydrogens is 635 g/mol. The summed E-state index contributed by atoms with van der Waals surface area (Å²) < 4.78 is 12.6. The Morgan fingerprint density at radius 3 is 1.29 bits per heavy atom. The third kappa shape index (κ3) is 27.6. The van der Waals surface area contributed by atoms with Gasteiger partial charge in [-0.3, -0.25) is 4.90 Å². The first-order valence-corrected chi connectivity index (χ1v) is 22.3. The van der Waals surface area contributed by atoms with Crippen LogP contribution in [0, 0.1) is 11.8 Å². The largest absolute Gasteiger partial charge is 0.381 e. The van der Waals surface area contributed by atoms with Crippen molar-refractivity contribution in [1.29, 1.82) is 0 Å². The van der Waals surface area contributed by atoms with Crippen LogP contribution in [0.3, 0.4) is 0 Å². The number of ether oxygens (including phenoxy) is 2. The van der Waals surface area contributed by atoms with Crippen molar-refractivity contribution >= 4 is 0 Å². The van der Waals surface area contributed by atoms with E-state index in [1.165, 1.54) is 147 Å². The van der Waals surface area contributed by atoms with Gasteiger partial charge in [-0.1, -0.05) is 170 Å². The highest BCUT2D eigenvalue weighted by Crippen LogP contribution is 2.26. The van der Waals surface area contributed by atoms with Gasteiger partial charge in [0, 0.05) is 44.7 Å². The lowest BCUT2D eigenvalue weighted by Crippen LogP contribution is -2.23. The van der Waals surface area contributed by atoms with Crippen LogP contribution in [0.25, 0.3) is 0 Å². The molecule has 2 atom stereocenters. The fraction of sp³-hybridized carbons (Fsp3) is 0.714. The third-order valence-corrected chi connectivity index (χ3v) is 10.5. The monoisotopic (exact) mass is 718 g/mol. The standard InChI is InChI=1S/C49H83NO2/c1-3-5-7-9-11-13-15-17-19-21-23-25-27-29-31-36-40-51-45-48-43-50(42-47-38-34-33-35-39-47)44-49(48)46-52-41-37-32-30-28-26-24-22-20-18-16-14-12-10-8-6-4-2/h11-14,17-20,33-35,38-39,48-49H,3-10,15-16,21-32,36-37,40-46H2,1-2H3/t48-,49-/m0/s1. The Balaban J connectivity index is 1.49. The molecule has 0 bridgehead atoms. The fourth-order valence-corrected chi connectivity index (χ4v) is 7.24. The number of benzene rings is 1. The Morgan fingerprint density at radius 1 is 0.481 bits per heavy atom. The molecular formula is C49H83NO2. The molecule has 0 N–H and O–H groups in total. The highest BCUT2D eigenvalue weighted by atomic mass is 16.5. The highest BCUT2D eigenvalue weighted by Gasteiger charge is 2.32. The molecule has 0 spiro atoms. The lowest BCUT2D eigenvalue weighted by molar-refractivity contribution is 0.0482. The van der Waals surface area contributed by atoms with E-state index in [1.807, 2.05) is 0 Å². The lowest BCUT2D eigenvalue weighted by Gasteiger charge is -2.18. The first-order valence-electron chi connectivity index (χ1n) is 22.3. The van der Waals surface area contributed by atoms with E-state index in [0.29, 0.717) is 11.8 Å². The number of rotatable bonds is 36. The zero-order valence-corrected chi connectivity index (χ0v) is 34.3.